The number of carbonyl (C=O) groups excluding carboxylic acids is 1. The standard InChI is InChI=1S/C8H13NO/c1-7-4-5-8(7,9)3-2-6(7)10/h2-5,9H2,1H3. The van der Waals surface area contributed by atoms with Gasteiger partial charge >= 0.3 is 0 Å². The molecule has 2 unspecified atom stereocenters. The molecule has 2 heteroatoms. The fourth-order valence-corrected chi connectivity index (χ4v) is 2.25. The molecule has 0 aromatic rings. The smallest absolute Gasteiger partial charge is 0.140 e. The number of fused-ring (bicyclic) bond motifs is 1. The molecule has 2 N–H and O–H groups in total. The van der Waals surface area contributed by atoms with Crippen LogP contribution in [0.5, 0.6) is 0 Å². The minimum absolute atomic E-state index is 0.107. The van der Waals surface area contributed by atoms with E-state index in [-0.39, 0.29) is 11.0 Å². The first kappa shape index (κ1) is 6.35. The van der Waals surface area contributed by atoms with Crippen LogP contribution in [0.3, 0.4) is 0 Å². The van der Waals surface area contributed by atoms with E-state index in [4.69, 9.17) is 5.73 Å². The molecule has 2 atom stereocenters. The van der Waals surface area contributed by atoms with E-state index in [1.54, 1.807) is 0 Å². The van der Waals surface area contributed by atoms with Gasteiger partial charge in [0.15, 0.2) is 0 Å². The highest BCUT2D eigenvalue weighted by molar-refractivity contribution is 5.90. The van der Waals surface area contributed by atoms with Crippen molar-refractivity contribution in [3.8, 4) is 0 Å². The summed E-state index contributed by atoms with van der Waals surface area (Å²) < 4.78 is 0. The Morgan fingerprint density at radius 1 is 1.40 bits per heavy atom. The number of carbonyl (C=O) groups is 1. The Balaban J connectivity index is 2.37. The molecule has 0 bridgehead atoms. The number of hydrogen-bond donors (Lipinski definition) is 1. The molecule has 2 rings (SSSR count). The lowest BCUT2D eigenvalue weighted by molar-refractivity contribution is -0.131. The van der Waals surface area contributed by atoms with E-state index in [1.165, 1.54) is 0 Å². The van der Waals surface area contributed by atoms with E-state index in [1.807, 2.05) is 6.92 Å². The van der Waals surface area contributed by atoms with Crippen LogP contribution in [0.4, 0.5) is 0 Å². The van der Waals surface area contributed by atoms with Crippen LogP contribution in [0.1, 0.15) is 32.6 Å². The van der Waals surface area contributed by atoms with Gasteiger partial charge in [-0.15, -0.1) is 0 Å². The average Bonchev–Trinajstić information content (AvgIpc) is 2.04. The third kappa shape index (κ3) is 0.439. The first-order chi connectivity index (χ1) is 4.58. The molecule has 0 aromatic heterocycles. The maximum absolute atomic E-state index is 11.3. The number of ketones is 1. The summed E-state index contributed by atoms with van der Waals surface area (Å²) in [7, 11) is 0. The van der Waals surface area contributed by atoms with Crippen molar-refractivity contribution >= 4 is 5.78 Å². The topological polar surface area (TPSA) is 43.1 Å². The Labute approximate surface area is 60.8 Å². The molecule has 0 aromatic carbocycles. The van der Waals surface area contributed by atoms with Crippen molar-refractivity contribution in [1.29, 1.82) is 0 Å². The van der Waals surface area contributed by atoms with Crippen LogP contribution in [-0.2, 0) is 4.79 Å². The summed E-state index contributed by atoms with van der Waals surface area (Å²) in [5, 5.41) is 0. The van der Waals surface area contributed by atoms with Gasteiger partial charge in [-0.05, 0) is 19.3 Å². The second kappa shape index (κ2) is 1.45. The van der Waals surface area contributed by atoms with Crippen molar-refractivity contribution < 1.29 is 4.79 Å². The molecule has 10 heavy (non-hydrogen) atoms. The molecule has 0 spiro atoms. The highest BCUT2D eigenvalue weighted by Crippen LogP contribution is 2.56. The maximum atomic E-state index is 11.3. The fourth-order valence-electron chi connectivity index (χ4n) is 2.25. The molecule has 2 nitrogen and oxygen atoms in total. The first-order valence-corrected chi connectivity index (χ1v) is 3.91. The van der Waals surface area contributed by atoms with E-state index >= 15 is 0 Å². The van der Waals surface area contributed by atoms with Gasteiger partial charge < -0.3 is 5.73 Å². The molecular formula is C8H13NO. The largest absolute Gasteiger partial charge is 0.324 e. The van der Waals surface area contributed by atoms with Crippen molar-refractivity contribution in [3.05, 3.63) is 0 Å². The van der Waals surface area contributed by atoms with E-state index < -0.39 is 0 Å². The second-order valence-electron chi connectivity index (χ2n) is 3.91. The van der Waals surface area contributed by atoms with Crippen LogP contribution in [0.2, 0.25) is 0 Å². The van der Waals surface area contributed by atoms with Crippen LogP contribution < -0.4 is 5.73 Å². The summed E-state index contributed by atoms with van der Waals surface area (Å²) in [5.74, 6) is 0.390. The summed E-state index contributed by atoms with van der Waals surface area (Å²) in [6.07, 6.45) is 3.70. The predicted octanol–water partition coefficient (Wildman–Crippen LogP) is 0.847. The lowest BCUT2D eigenvalue weighted by Gasteiger charge is -2.49. The van der Waals surface area contributed by atoms with Crippen molar-refractivity contribution in [3.63, 3.8) is 0 Å². The van der Waals surface area contributed by atoms with Crippen molar-refractivity contribution in [2.75, 3.05) is 0 Å². The normalized spacial score (nSPS) is 52.4. The highest BCUT2D eigenvalue weighted by Gasteiger charge is 2.61. The van der Waals surface area contributed by atoms with Crippen molar-refractivity contribution in [2.45, 2.75) is 38.1 Å². The second-order valence-corrected chi connectivity index (χ2v) is 3.91. The summed E-state index contributed by atoms with van der Waals surface area (Å²) in [6.45, 7) is 2.02. The Bertz CT molecular complexity index is 201. The van der Waals surface area contributed by atoms with Crippen molar-refractivity contribution in [2.24, 2.45) is 11.1 Å². The molecule has 0 saturated heterocycles. The molecule has 0 radical (unpaired) electrons. The third-order valence-corrected chi connectivity index (χ3v) is 3.58. The quantitative estimate of drug-likeness (QED) is 0.540. The summed E-state index contributed by atoms with van der Waals surface area (Å²) in [5.41, 5.74) is 5.77. The SMILES string of the molecule is CC12CCC1(N)CCC2=O. The Kier molecular flexibility index (Phi) is 0.919. The minimum atomic E-state index is -0.132. The summed E-state index contributed by atoms with van der Waals surface area (Å²) in [4.78, 5) is 11.3. The van der Waals surface area contributed by atoms with Gasteiger partial charge in [0.25, 0.3) is 0 Å². The van der Waals surface area contributed by atoms with Gasteiger partial charge in [0.2, 0.25) is 0 Å². The minimum Gasteiger partial charge on any atom is -0.324 e. The van der Waals surface area contributed by atoms with Gasteiger partial charge in [0, 0.05) is 17.4 Å². The zero-order valence-corrected chi connectivity index (χ0v) is 6.31. The molecule has 2 fully saturated rings. The van der Waals surface area contributed by atoms with Crippen LogP contribution in [0, 0.1) is 5.41 Å². The van der Waals surface area contributed by atoms with Gasteiger partial charge in [-0.2, -0.15) is 0 Å². The number of hydrogen-bond acceptors (Lipinski definition) is 2. The molecule has 0 heterocycles. The molecule has 0 aliphatic heterocycles. The zero-order chi connectivity index (χ0) is 7.41. The zero-order valence-electron chi connectivity index (χ0n) is 6.31. The first-order valence-electron chi connectivity index (χ1n) is 3.91. The molecule has 0 amide bonds. The predicted molar refractivity (Wildman–Crippen MR) is 38.5 cm³/mol. The van der Waals surface area contributed by atoms with Gasteiger partial charge in [-0.3, -0.25) is 4.79 Å². The molecule has 56 valence electrons. The molecular weight excluding hydrogens is 126 g/mol. The van der Waals surface area contributed by atoms with Gasteiger partial charge in [-0.25, -0.2) is 0 Å². The molecule has 2 aliphatic rings. The van der Waals surface area contributed by atoms with Gasteiger partial charge in [-0.1, -0.05) is 6.92 Å². The molecule has 2 saturated carbocycles. The van der Waals surface area contributed by atoms with Crippen LogP contribution in [-0.4, -0.2) is 11.3 Å². The number of nitrogens with two attached hydrogens (primary N) is 1. The van der Waals surface area contributed by atoms with E-state index in [2.05, 4.69) is 0 Å². The Hall–Kier alpha value is -0.370. The van der Waals surface area contributed by atoms with Crippen molar-refractivity contribution in [1.82, 2.24) is 0 Å². The van der Waals surface area contributed by atoms with E-state index in [0.717, 1.165) is 19.3 Å². The average molecular weight is 139 g/mol. The summed E-state index contributed by atoms with van der Waals surface area (Å²) >= 11 is 0. The molecule has 2 aliphatic carbocycles. The fraction of sp³-hybridized carbons (Fsp3) is 0.875. The lowest BCUT2D eigenvalue weighted by atomic mass is 9.58. The van der Waals surface area contributed by atoms with Crippen LogP contribution in [0.15, 0.2) is 0 Å². The summed E-state index contributed by atoms with van der Waals surface area (Å²) in [6, 6.07) is 0. The third-order valence-electron chi connectivity index (χ3n) is 3.58. The monoisotopic (exact) mass is 139 g/mol. The van der Waals surface area contributed by atoms with E-state index in [0.29, 0.717) is 12.2 Å². The van der Waals surface area contributed by atoms with E-state index in [9.17, 15) is 4.79 Å². The van der Waals surface area contributed by atoms with Gasteiger partial charge in [0.05, 0.1) is 0 Å². The van der Waals surface area contributed by atoms with Gasteiger partial charge in [0.1, 0.15) is 5.78 Å². The Morgan fingerprint density at radius 2 is 2.10 bits per heavy atom. The number of rotatable bonds is 0. The van der Waals surface area contributed by atoms with Crippen LogP contribution in [0.25, 0.3) is 0 Å². The maximum Gasteiger partial charge on any atom is 0.140 e. The van der Waals surface area contributed by atoms with Crippen LogP contribution >= 0.6 is 0 Å². The Morgan fingerprint density at radius 3 is 2.30 bits per heavy atom. The number of Topliss-reactive ketones (excluding diaryl/α,β-unsaturated/α-hetero) is 1. The lowest BCUT2D eigenvalue weighted by Crippen LogP contribution is -2.60. The highest BCUT2D eigenvalue weighted by atomic mass is 16.1.